The number of carbonyl (C=O) groups is 3. The van der Waals surface area contributed by atoms with E-state index in [4.69, 9.17) is 4.74 Å². The molecule has 2 aliphatic rings. The predicted octanol–water partition coefficient (Wildman–Crippen LogP) is 3.60. The SMILES string of the molecule is O=C(NC1CCN2C(=O)N(c3ccc(Oc4ccccc4)cc3)C(=O)C2C1)c1cccnc1. The number of anilines is 1. The number of imide groups is 1. The molecule has 0 radical (unpaired) electrons. The summed E-state index contributed by atoms with van der Waals surface area (Å²) in [6.45, 7) is 0.402. The zero-order chi connectivity index (χ0) is 22.8. The second-order valence-corrected chi connectivity index (χ2v) is 8.01. The molecule has 1 aromatic heterocycles. The van der Waals surface area contributed by atoms with Gasteiger partial charge in [0, 0.05) is 25.0 Å². The molecule has 5 rings (SSSR count). The lowest BCUT2D eigenvalue weighted by molar-refractivity contribution is -0.120. The number of aromatic nitrogens is 1. The van der Waals surface area contributed by atoms with E-state index < -0.39 is 6.04 Å². The summed E-state index contributed by atoms with van der Waals surface area (Å²) in [5.74, 6) is 0.802. The van der Waals surface area contributed by atoms with Gasteiger partial charge in [0.2, 0.25) is 0 Å². The third-order valence-corrected chi connectivity index (χ3v) is 5.88. The largest absolute Gasteiger partial charge is 0.457 e. The Hall–Kier alpha value is -4.20. The van der Waals surface area contributed by atoms with E-state index in [1.807, 2.05) is 30.3 Å². The summed E-state index contributed by atoms with van der Waals surface area (Å²) in [6.07, 6.45) is 4.07. The Morgan fingerprint density at radius 1 is 0.970 bits per heavy atom. The van der Waals surface area contributed by atoms with Gasteiger partial charge < -0.3 is 15.0 Å². The zero-order valence-corrected chi connectivity index (χ0v) is 17.8. The van der Waals surface area contributed by atoms with Gasteiger partial charge >= 0.3 is 6.03 Å². The summed E-state index contributed by atoms with van der Waals surface area (Å²) in [5, 5.41) is 2.96. The number of nitrogens with one attached hydrogen (secondary N) is 1. The molecule has 0 aliphatic carbocycles. The molecular weight excluding hydrogens is 420 g/mol. The van der Waals surface area contributed by atoms with Crippen LogP contribution in [0.15, 0.2) is 79.1 Å². The van der Waals surface area contributed by atoms with Crippen LogP contribution in [-0.2, 0) is 4.79 Å². The third-order valence-electron chi connectivity index (χ3n) is 5.88. The number of ether oxygens (including phenoxy) is 1. The lowest BCUT2D eigenvalue weighted by Crippen LogP contribution is -2.49. The Morgan fingerprint density at radius 3 is 2.45 bits per heavy atom. The summed E-state index contributed by atoms with van der Waals surface area (Å²) in [4.78, 5) is 45.3. The highest BCUT2D eigenvalue weighted by atomic mass is 16.5. The Balaban J connectivity index is 1.26. The zero-order valence-electron chi connectivity index (χ0n) is 17.8. The van der Waals surface area contributed by atoms with Gasteiger partial charge in [0.1, 0.15) is 17.5 Å². The number of benzene rings is 2. The van der Waals surface area contributed by atoms with Crippen LogP contribution in [0.1, 0.15) is 23.2 Å². The van der Waals surface area contributed by atoms with E-state index in [-0.39, 0.29) is 23.9 Å². The molecule has 2 aromatic carbocycles. The minimum absolute atomic E-state index is 0.197. The highest BCUT2D eigenvalue weighted by molar-refractivity contribution is 6.21. The molecular formula is C25H22N4O4. The fourth-order valence-electron chi connectivity index (χ4n) is 4.22. The van der Waals surface area contributed by atoms with Gasteiger partial charge in [0.05, 0.1) is 11.3 Å². The van der Waals surface area contributed by atoms with Crippen LogP contribution in [0.2, 0.25) is 0 Å². The minimum Gasteiger partial charge on any atom is -0.457 e. The number of hydrogen-bond donors (Lipinski definition) is 1. The van der Waals surface area contributed by atoms with Gasteiger partial charge in [-0.2, -0.15) is 0 Å². The van der Waals surface area contributed by atoms with Crippen LogP contribution in [0.25, 0.3) is 0 Å². The molecule has 3 heterocycles. The monoisotopic (exact) mass is 442 g/mol. The number of nitrogens with zero attached hydrogens (tertiary/aromatic N) is 3. The highest BCUT2D eigenvalue weighted by Gasteiger charge is 2.48. The van der Waals surface area contributed by atoms with Crippen molar-refractivity contribution in [3.8, 4) is 11.5 Å². The van der Waals surface area contributed by atoms with Crippen molar-refractivity contribution in [1.82, 2.24) is 15.2 Å². The van der Waals surface area contributed by atoms with Crippen molar-refractivity contribution in [3.63, 3.8) is 0 Å². The van der Waals surface area contributed by atoms with E-state index in [1.165, 1.54) is 11.1 Å². The number of pyridine rings is 1. The van der Waals surface area contributed by atoms with Crippen molar-refractivity contribution < 1.29 is 19.1 Å². The summed E-state index contributed by atoms with van der Waals surface area (Å²) in [6, 6.07) is 18.5. The summed E-state index contributed by atoms with van der Waals surface area (Å²) in [7, 11) is 0. The molecule has 0 bridgehead atoms. The summed E-state index contributed by atoms with van der Waals surface area (Å²) >= 11 is 0. The number of rotatable bonds is 5. The lowest BCUT2D eigenvalue weighted by atomic mass is 9.97. The molecule has 166 valence electrons. The summed E-state index contributed by atoms with van der Waals surface area (Å²) in [5.41, 5.74) is 0.962. The summed E-state index contributed by atoms with van der Waals surface area (Å²) < 4.78 is 5.79. The topological polar surface area (TPSA) is 91.8 Å². The van der Waals surface area contributed by atoms with Crippen LogP contribution in [0, 0.1) is 0 Å². The third kappa shape index (κ3) is 4.15. The number of para-hydroxylation sites is 1. The first-order valence-corrected chi connectivity index (χ1v) is 10.8. The molecule has 4 amide bonds. The molecule has 33 heavy (non-hydrogen) atoms. The van der Waals surface area contributed by atoms with Crippen molar-refractivity contribution in [2.24, 2.45) is 0 Å². The van der Waals surface area contributed by atoms with E-state index in [0.29, 0.717) is 42.1 Å². The molecule has 2 atom stereocenters. The van der Waals surface area contributed by atoms with Crippen molar-refractivity contribution in [2.45, 2.75) is 24.9 Å². The Kier molecular flexibility index (Phi) is 5.48. The van der Waals surface area contributed by atoms with E-state index in [2.05, 4.69) is 10.3 Å². The first-order valence-electron chi connectivity index (χ1n) is 10.8. The first-order chi connectivity index (χ1) is 16.1. The van der Waals surface area contributed by atoms with Crippen molar-refractivity contribution in [2.75, 3.05) is 11.4 Å². The average molecular weight is 442 g/mol. The number of piperidine rings is 1. The fraction of sp³-hybridized carbons (Fsp3) is 0.200. The van der Waals surface area contributed by atoms with Gasteiger partial charge in [-0.05, 0) is 61.4 Å². The maximum atomic E-state index is 13.1. The number of amides is 4. The van der Waals surface area contributed by atoms with Crippen molar-refractivity contribution in [1.29, 1.82) is 0 Å². The van der Waals surface area contributed by atoms with Crippen LogP contribution in [0.4, 0.5) is 10.5 Å². The van der Waals surface area contributed by atoms with Crippen LogP contribution in [0.3, 0.4) is 0 Å². The van der Waals surface area contributed by atoms with Gasteiger partial charge in [0.25, 0.3) is 11.8 Å². The van der Waals surface area contributed by atoms with E-state index in [0.717, 1.165) is 0 Å². The standard InChI is InChI=1S/C25H22N4O4/c30-23(17-5-4-13-26-16-17)27-18-12-14-28-22(15-18)24(31)29(25(28)32)19-8-10-21(11-9-19)33-20-6-2-1-3-7-20/h1-11,13,16,18,22H,12,14-15H2,(H,27,30). The molecule has 8 heteroatoms. The van der Waals surface area contributed by atoms with E-state index in [1.54, 1.807) is 47.5 Å². The van der Waals surface area contributed by atoms with Crippen LogP contribution < -0.4 is 15.0 Å². The normalized spacial score (nSPS) is 19.9. The molecule has 2 fully saturated rings. The molecule has 0 spiro atoms. The van der Waals surface area contributed by atoms with Gasteiger partial charge in [-0.1, -0.05) is 18.2 Å². The highest BCUT2D eigenvalue weighted by Crippen LogP contribution is 2.32. The van der Waals surface area contributed by atoms with Gasteiger partial charge in [-0.25, -0.2) is 9.69 Å². The van der Waals surface area contributed by atoms with Crippen molar-refractivity contribution in [3.05, 3.63) is 84.7 Å². The minimum atomic E-state index is -0.592. The average Bonchev–Trinajstić information content (AvgIpc) is 3.10. The quantitative estimate of drug-likeness (QED) is 0.610. The number of carbonyl (C=O) groups excluding carboxylic acids is 3. The van der Waals surface area contributed by atoms with E-state index >= 15 is 0 Å². The van der Waals surface area contributed by atoms with E-state index in [9.17, 15) is 14.4 Å². The first kappa shape index (κ1) is 20.7. The Bertz CT molecular complexity index is 1170. The molecule has 3 aromatic rings. The molecule has 8 nitrogen and oxygen atoms in total. The van der Waals surface area contributed by atoms with Crippen LogP contribution >= 0.6 is 0 Å². The molecule has 1 N–H and O–H groups in total. The Labute approximate surface area is 190 Å². The maximum absolute atomic E-state index is 13.1. The smallest absolute Gasteiger partial charge is 0.332 e. The molecule has 0 saturated carbocycles. The molecule has 2 unspecified atom stereocenters. The van der Waals surface area contributed by atoms with Crippen molar-refractivity contribution >= 4 is 23.5 Å². The second kappa shape index (κ2) is 8.74. The fourth-order valence-corrected chi connectivity index (χ4v) is 4.22. The van der Waals surface area contributed by atoms with Gasteiger partial charge in [-0.15, -0.1) is 0 Å². The number of urea groups is 1. The van der Waals surface area contributed by atoms with Crippen LogP contribution in [0.5, 0.6) is 11.5 Å². The number of hydrogen-bond acceptors (Lipinski definition) is 5. The second-order valence-electron chi connectivity index (χ2n) is 8.01. The Morgan fingerprint density at radius 2 is 1.73 bits per heavy atom. The van der Waals surface area contributed by atoms with Crippen LogP contribution in [-0.4, -0.2) is 46.4 Å². The number of fused-ring (bicyclic) bond motifs is 1. The molecule has 2 aliphatic heterocycles. The molecule has 2 saturated heterocycles. The van der Waals surface area contributed by atoms with Gasteiger partial charge in [-0.3, -0.25) is 14.6 Å². The predicted molar refractivity (Wildman–Crippen MR) is 121 cm³/mol. The van der Waals surface area contributed by atoms with Gasteiger partial charge in [0.15, 0.2) is 0 Å². The lowest BCUT2D eigenvalue weighted by Gasteiger charge is -2.32. The maximum Gasteiger partial charge on any atom is 0.332 e.